The molecule has 0 unspecified atom stereocenters. The zero-order chi connectivity index (χ0) is 23.9. The van der Waals surface area contributed by atoms with Crippen LogP contribution < -0.4 is 15.4 Å². The lowest BCUT2D eigenvalue weighted by molar-refractivity contribution is 0.0244. The first kappa shape index (κ1) is 23.8. The maximum atomic E-state index is 11.6. The Morgan fingerprint density at radius 1 is 1.18 bits per heavy atom. The number of rotatable bonds is 8. The molecule has 9 heteroatoms. The number of pyridine rings is 1. The smallest absolute Gasteiger partial charge is 0.318 e. The molecule has 1 saturated heterocycles. The van der Waals surface area contributed by atoms with Crippen LogP contribution in [0.15, 0.2) is 36.7 Å². The summed E-state index contributed by atoms with van der Waals surface area (Å²) in [4.78, 5) is 25.8. The largest absolute Gasteiger partial charge is 0.474 e. The van der Waals surface area contributed by atoms with Gasteiger partial charge in [0.2, 0.25) is 5.88 Å². The number of urea groups is 1. The molecule has 1 atom stereocenters. The van der Waals surface area contributed by atoms with E-state index in [1.807, 2.05) is 30.5 Å². The monoisotopic (exact) mass is 465 g/mol. The molecule has 1 fully saturated rings. The molecule has 3 aromatic rings. The van der Waals surface area contributed by atoms with E-state index in [1.165, 1.54) is 0 Å². The van der Waals surface area contributed by atoms with E-state index in [9.17, 15) is 4.79 Å². The highest BCUT2D eigenvalue weighted by Gasteiger charge is 2.20. The van der Waals surface area contributed by atoms with Crippen LogP contribution in [0, 0.1) is 5.92 Å². The number of carbonyl (C=O) groups excluding carboxylic acids is 1. The lowest BCUT2D eigenvalue weighted by Crippen LogP contribution is -2.26. The van der Waals surface area contributed by atoms with E-state index in [-0.39, 0.29) is 12.1 Å². The number of carbonyl (C=O) groups is 1. The van der Waals surface area contributed by atoms with E-state index in [1.54, 1.807) is 20.4 Å². The Kier molecular flexibility index (Phi) is 7.87. The number of anilines is 1. The van der Waals surface area contributed by atoms with Crippen LogP contribution in [-0.2, 0) is 15.9 Å². The lowest BCUT2D eigenvalue weighted by Gasteiger charge is -2.23. The third-order valence-electron chi connectivity index (χ3n) is 5.74. The molecule has 2 aromatic heterocycles. The second-order valence-corrected chi connectivity index (χ2v) is 8.50. The molecule has 3 heterocycles. The van der Waals surface area contributed by atoms with Gasteiger partial charge in [-0.2, -0.15) is 0 Å². The van der Waals surface area contributed by atoms with Gasteiger partial charge >= 0.3 is 6.03 Å². The topological polar surface area (TPSA) is 107 Å². The SMILES string of the molecule is CNC(=O)Nc1ccc(-c2cnc(OC3CCOCC3)c3cnc(C[C@@H](C)COC)nc23)cc1. The molecule has 0 saturated carbocycles. The molecule has 180 valence electrons. The predicted octanol–water partition coefficient (Wildman–Crippen LogP) is 3.83. The molecule has 0 radical (unpaired) electrons. The molecule has 2 N–H and O–H groups in total. The second kappa shape index (κ2) is 11.2. The van der Waals surface area contributed by atoms with Gasteiger partial charge < -0.3 is 24.8 Å². The average Bonchev–Trinajstić information content (AvgIpc) is 2.85. The summed E-state index contributed by atoms with van der Waals surface area (Å²) in [5, 5.41) is 6.10. The minimum Gasteiger partial charge on any atom is -0.474 e. The Morgan fingerprint density at radius 3 is 2.65 bits per heavy atom. The van der Waals surface area contributed by atoms with Crippen molar-refractivity contribution < 1.29 is 19.0 Å². The molecule has 1 aromatic carbocycles. The Balaban J connectivity index is 1.70. The fourth-order valence-corrected chi connectivity index (χ4v) is 3.97. The number of nitrogens with zero attached hydrogens (tertiary/aromatic N) is 3. The summed E-state index contributed by atoms with van der Waals surface area (Å²) in [7, 11) is 3.28. The van der Waals surface area contributed by atoms with Gasteiger partial charge in [0.25, 0.3) is 0 Å². The van der Waals surface area contributed by atoms with E-state index in [4.69, 9.17) is 19.2 Å². The van der Waals surface area contributed by atoms with Crippen molar-refractivity contribution in [1.82, 2.24) is 20.3 Å². The molecule has 34 heavy (non-hydrogen) atoms. The van der Waals surface area contributed by atoms with Crippen LogP contribution in [0.5, 0.6) is 5.88 Å². The van der Waals surface area contributed by atoms with Gasteiger partial charge in [-0.1, -0.05) is 19.1 Å². The van der Waals surface area contributed by atoms with E-state index in [0.717, 1.165) is 40.7 Å². The van der Waals surface area contributed by atoms with E-state index < -0.39 is 0 Å². The van der Waals surface area contributed by atoms with Crippen molar-refractivity contribution in [3.05, 3.63) is 42.5 Å². The van der Waals surface area contributed by atoms with Crippen molar-refractivity contribution in [3.8, 4) is 17.0 Å². The van der Waals surface area contributed by atoms with Gasteiger partial charge in [0.1, 0.15) is 11.9 Å². The molecule has 4 rings (SSSR count). The molecule has 0 bridgehead atoms. The Labute approximate surface area is 199 Å². The Bertz CT molecular complexity index is 1120. The number of aromatic nitrogens is 3. The fourth-order valence-electron chi connectivity index (χ4n) is 3.97. The fraction of sp³-hybridized carbons (Fsp3) is 0.440. The number of methoxy groups -OCH3 is 1. The highest BCUT2D eigenvalue weighted by molar-refractivity contribution is 5.96. The maximum absolute atomic E-state index is 11.6. The van der Waals surface area contributed by atoms with Gasteiger partial charge in [0.15, 0.2) is 0 Å². The molecule has 1 aliphatic heterocycles. The number of amides is 2. The molecule has 9 nitrogen and oxygen atoms in total. The van der Waals surface area contributed by atoms with Gasteiger partial charge in [-0.3, -0.25) is 0 Å². The van der Waals surface area contributed by atoms with Crippen molar-refractivity contribution >= 4 is 22.6 Å². The summed E-state index contributed by atoms with van der Waals surface area (Å²) in [6.45, 7) is 4.13. The molecule has 0 aliphatic carbocycles. The van der Waals surface area contributed by atoms with Gasteiger partial charge in [-0.05, 0) is 23.6 Å². The Hall–Kier alpha value is -3.30. The summed E-state index contributed by atoms with van der Waals surface area (Å²) in [6.07, 6.45) is 6.04. The lowest BCUT2D eigenvalue weighted by atomic mass is 10.0. The Morgan fingerprint density at radius 2 is 1.94 bits per heavy atom. The average molecular weight is 466 g/mol. The van der Waals surface area contributed by atoms with Crippen LogP contribution in [0.2, 0.25) is 0 Å². The molecular weight excluding hydrogens is 434 g/mol. The summed E-state index contributed by atoms with van der Waals surface area (Å²) >= 11 is 0. The first-order valence-corrected chi connectivity index (χ1v) is 11.5. The summed E-state index contributed by atoms with van der Waals surface area (Å²) in [5.74, 6) is 1.58. The molecule has 1 aliphatic rings. The predicted molar refractivity (Wildman–Crippen MR) is 130 cm³/mol. The number of fused-ring (bicyclic) bond motifs is 1. The number of hydrogen-bond acceptors (Lipinski definition) is 7. The van der Waals surface area contributed by atoms with Gasteiger partial charge in [0.05, 0.1) is 24.1 Å². The standard InChI is InChI=1S/C25H31N5O4/c1-16(15-32-3)12-22-27-14-21-23(30-22)20(13-28-24(21)34-19-8-10-33-11-9-19)17-4-6-18(7-5-17)29-25(31)26-2/h4-7,13-14,16,19H,8-12,15H2,1-3H3,(H2,26,29,31)/t16-/m1/s1. The van der Waals surface area contributed by atoms with Crippen molar-refractivity contribution in [2.75, 3.05) is 39.3 Å². The van der Waals surface area contributed by atoms with Crippen LogP contribution in [-0.4, -0.2) is 61.1 Å². The van der Waals surface area contributed by atoms with Crippen molar-refractivity contribution in [2.45, 2.75) is 32.3 Å². The van der Waals surface area contributed by atoms with Gasteiger partial charge in [-0.15, -0.1) is 0 Å². The van der Waals surface area contributed by atoms with Gasteiger partial charge in [-0.25, -0.2) is 19.7 Å². The number of ether oxygens (including phenoxy) is 3. The van der Waals surface area contributed by atoms with Crippen molar-refractivity contribution in [2.24, 2.45) is 5.92 Å². The normalized spacial score (nSPS) is 15.1. The maximum Gasteiger partial charge on any atom is 0.318 e. The second-order valence-electron chi connectivity index (χ2n) is 8.50. The quantitative estimate of drug-likeness (QED) is 0.521. The number of nitrogens with one attached hydrogen (secondary N) is 2. The molecule has 0 spiro atoms. The van der Waals surface area contributed by atoms with Crippen LogP contribution in [0.4, 0.5) is 10.5 Å². The van der Waals surface area contributed by atoms with Crippen LogP contribution in [0.1, 0.15) is 25.6 Å². The summed E-state index contributed by atoms with van der Waals surface area (Å²) < 4.78 is 17.0. The molecule has 2 amide bonds. The van der Waals surface area contributed by atoms with Crippen LogP contribution in [0.3, 0.4) is 0 Å². The highest BCUT2D eigenvalue weighted by Crippen LogP contribution is 2.33. The van der Waals surface area contributed by atoms with Gasteiger partial charge in [0, 0.05) is 63.7 Å². The number of benzene rings is 1. The van der Waals surface area contributed by atoms with Crippen molar-refractivity contribution in [3.63, 3.8) is 0 Å². The summed E-state index contributed by atoms with van der Waals surface area (Å²) in [6, 6.07) is 7.32. The highest BCUT2D eigenvalue weighted by atomic mass is 16.5. The van der Waals surface area contributed by atoms with Crippen LogP contribution >= 0.6 is 0 Å². The summed E-state index contributed by atoms with van der Waals surface area (Å²) in [5.41, 5.74) is 3.30. The van der Waals surface area contributed by atoms with E-state index in [0.29, 0.717) is 43.7 Å². The van der Waals surface area contributed by atoms with E-state index in [2.05, 4.69) is 27.5 Å². The third-order valence-corrected chi connectivity index (χ3v) is 5.74. The van der Waals surface area contributed by atoms with Crippen molar-refractivity contribution in [1.29, 1.82) is 0 Å². The third kappa shape index (κ3) is 5.78. The minimum absolute atomic E-state index is 0.0618. The van der Waals surface area contributed by atoms with Crippen LogP contribution in [0.25, 0.3) is 22.0 Å². The zero-order valence-corrected chi connectivity index (χ0v) is 19.8. The number of hydrogen-bond donors (Lipinski definition) is 2. The first-order valence-electron chi connectivity index (χ1n) is 11.5. The zero-order valence-electron chi connectivity index (χ0n) is 19.8. The first-order chi connectivity index (χ1) is 16.6. The molecular formula is C25H31N5O4. The minimum atomic E-state index is -0.267. The van der Waals surface area contributed by atoms with E-state index >= 15 is 0 Å².